The van der Waals surface area contributed by atoms with E-state index in [4.69, 9.17) is 4.74 Å². The van der Waals surface area contributed by atoms with Crippen molar-refractivity contribution < 1.29 is 14.3 Å². The molecular weight excluding hydrogens is 256 g/mol. The van der Waals surface area contributed by atoms with Crippen LogP contribution in [0.25, 0.3) is 0 Å². The number of amides is 2. The fourth-order valence-corrected chi connectivity index (χ4v) is 2.11. The Bertz CT molecular complexity index is 488. The molecule has 1 aromatic rings. The maximum atomic E-state index is 12.0. The van der Waals surface area contributed by atoms with Gasteiger partial charge in [-0.05, 0) is 30.5 Å². The smallest absolute Gasteiger partial charge is 0.260 e. The standard InChI is InChI=1S/C15H20N2O3/c1-2-12-5-3-6-13(9-12)20-11-15(19)17-8-4-7-16-14(18)10-17/h3,5-6,9H,2,4,7-8,10-11H2,1H3,(H,16,18). The van der Waals surface area contributed by atoms with Crippen LogP contribution in [0.4, 0.5) is 0 Å². The third-order valence-corrected chi connectivity index (χ3v) is 3.28. The molecule has 1 N–H and O–H groups in total. The zero-order chi connectivity index (χ0) is 14.4. The van der Waals surface area contributed by atoms with Crippen LogP contribution in [0, 0.1) is 0 Å². The number of carbonyl (C=O) groups is 2. The summed E-state index contributed by atoms with van der Waals surface area (Å²) in [6.45, 7) is 3.38. The summed E-state index contributed by atoms with van der Waals surface area (Å²) in [5, 5.41) is 2.74. The minimum Gasteiger partial charge on any atom is -0.484 e. The van der Waals surface area contributed by atoms with E-state index in [0.29, 0.717) is 18.8 Å². The van der Waals surface area contributed by atoms with Crippen LogP contribution in [0.5, 0.6) is 5.75 Å². The van der Waals surface area contributed by atoms with Crippen LogP contribution in [-0.4, -0.2) is 43.0 Å². The Kier molecular flexibility index (Phi) is 4.98. The lowest BCUT2D eigenvalue weighted by atomic mass is 10.2. The Balaban J connectivity index is 1.89. The van der Waals surface area contributed by atoms with Crippen molar-refractivity contribution in [2.45, 2.75) is 19.8 Å². The van der Waals surface area contributed by atoms with Crippen molar-refractivity contribution in [2.24, 2.45) is 0 Å². The van der Waals surface area contributed by atoms with E-state index in [9.17, 15) is 9.59 Å². The van der Waals surface area contributed by atoms with Crippen molar-refractivity contribution in [1.29, 1.82) is 0 Å². The van der Waals surface area contributed by atoms with Gasteiger partial charge in [-0.3, -0.25) is 9.59 Å². The van der Waals surface area contributed by atoms with E-state index in [1.165, 1.54) is 5.56 Å². The van der Waals surface area contributed by atoms with Gasteiger partial charge in [0, 0.05) is 13.1 Å². The van der Waals surface area contributed by atoms with Crippen molar-refractivity contribution in [3.05, 3.63) is 29.8 Å². The van der Waals surface area contributed by atoms with Crippen molar-refractivity contribution in [3.63, 3.8) is 0 Å². The van der Waals surface area contributed by atoms with E-state index in [2.05, 4.69) is 12.2 Å². The normalized spacial score (nSPS) is 15.4. The molecule has 5 heteroatoms. The molecule has 2 amide bonds. The highest BCUT2D eigenvalue weighted by Gasteiger charge is 2.19. The highest BCUT2D eigenvalue weighted by atomic mass is 16.5. The zero-order valence-electron chi connectivity index (χ0n) is 11.7. The fraction of sp³-hybridized carbons (Fsp3) is 0.467. The molecule has 1 aromatic carbocycles. The van der Waals surface area contributed by atoms with E-state index in [1.54, 1.807) is 4.90 Å². The molecule has 0 aromatic heterocycles. The van der Waals surface area contributed by atoms with Gasteiger partial charge >= 0.3 is 0 Å². The molecule has 0 atom stereocenters. The van der Waals surface area contributed by atoms with Gasteiger partial charge in [0.05, 0.1) is 6.54 Å². The lowest BCUT2D eigenvalue weighted by Gasteiger charge is -2.19. The second-order valence-electron chi connectivity index (χ2n) is 4.81. The van der Waals surface area contributed by atoms with Crippen molar-refractivity contribution in [1.82, 2.24) is 10.2 Å². The molecule has 0 unspecified atom stereocenters. The quantitative estimate of drug-likeness (QED) is 0.891. The summed E-state index contributed by atoms with van der Waals surface area (Å²) < 4.78 is 5.52. The first-order chi connectivity index (χ1) is 9.69. The molecule has 1 aliphatic rings. The Labute approximate surface area is 118 Å². The maximum Gasteiger partial charge on any atom is 0.260 e. The number of aryl methyl sites for hydroxylation is 1. The van der Waals surface area contributed by atoms with E-state index in [-0.39, 0.29) is 25.0 Å². The predicted octanol–water partition coefficient (Wildman–Crippen LogP) is 0.976. The minimum atomic E-state index is -0.149. The van der Waals surface area contributed by atoms with Gasteiger partial charge in [0.15, 0.2) is 6.61 Å². The first-order valence-electron chi connectivity index (χ1n) is 6.95. The summed E-state index contributed by atoms with van der Waals surface area (Å²) in [5.74, 6) is 0.435. The van der Waals surface area contributed by atoms with Gasteiger partial charge in [-0.25, -0.2) is 0 Å². The molecule has 1 fully saturated rings. The summed E-state index contributed by atoms with van der Waals surface area (Å²) in [7, 11) is 0. The molecule has 0 saturated carbocycles. The molecule has 5 nitrogen and oxygen atoms in total. The van der Waals surface area contributed by atoms with Crippen molar-refractivity contribution in [2.75, 3.05) is 26.2 Å². The number of benzene rings is 1. The van der Waals surface area contributed by atoms with E-state index < -0.39 is 0 Å². The molecule has 0 bridgehead atoms. The minimum absolute atomic E-state index is 0.0273. The lowest BCUT2D eigenvalue weighted by molar-refractivity contribution is -0.136. The van der Waals surface area contributed by atoms with Crippen molar-refractivity contribution >= 4 is 11.8 Å². The molecule has 0 aliphatic carbocycles. The van der Waals surface area contributed by atoms with Gasteiger partial charge in [0.2, 0.25) is 5.91 Å². The average Bonchev–Trinajstić information content (AvgIpc) is 2.69. The molecule has 1 aliphatic heterocycles. The third-order valence-electron chi connectivity index (χ3n) is 3.28. The Morgan fingerprint density at radius 3 is 3.10 bits per heavy atom. The average molecular weight is 276 g/mol. The number of hydrogen-bond donors (Lipinski definition) is 1. The van der Waals surface area contributed by atoms with Crippen LogP contribution in [0.2, 0.25) is 0 Å². The monoisotopic (exact) mass is 276 g/mol. The lowest BCUT2D eigenvalue weighted by Crippen LogP contribution is -2.39. The van der Waals surface area contributed by atoms with E-state index in [1.807, 2.05) is 24.3 Å². The van der Waals surface area contributed by atoms with Gasteiger partial charge in [0.25, 0.3) is 5.91 Å². The molecule has 0 radical (unpaired) electrons. The maximum absolute atomic E-state index is 12.0. The van der Waals surface area contributed by atoms with E-state index in [0.717, 1.165) is 12.8 Å². The molecule has 1 heterocycles. The summed E-state index contributed by atoms with van der Waals surface area (Å²) in [4.78, 5) is 25.0. The first kappa shape index (κ1) is 14.4. The van der Waals surface area contributed by atoms with Gasteiger partial charge in [-0.1, -0.05) is 19.1 Å². The molecule has 108 valence electrons. The summed E-state index contributed by atoms with van der Waals surface area (Å²) in [6, 6.07) is 7.70. The molecule has 0 spiro atoms. The second kappa shape index (κ2) is 6.93. The summed E-state index contributed by atoms with van der Waals surface area (Å²) in [5.41, 5.74) is 1.17. The van der Waals surface area contributed by atoms with Crippen LogP contribution in [-0.2, 0) is 16.0 Å². The first-order valence-corrected chi connectivity index (χ1v) is 6.95. The zero-order valence-corrected chi connectivity index (χ0v) is 11.7. The number of ether oxygens (including phenoxy) is 1. The Morgan fingerprint density at radius 2 is 2.30 bits per heavy atom. The third kappa shape index (κ3) is 3.98. The number of nitrogens with zero attached hydrogens (tertiary/aromatic N) is 1. The van der Waals surface area contributed by atoms with Gasteiger partial charge in [-0.2, -0.15) is 0 Å². The SMILES string of the molecule is CCc1cccc(OCC(=O)N2CCCNC(=O)C2)c1. The molecule has 20 heavy (non-hydrogen) atoms. The largest absolute Gasteiger partial charge is 0.484 e. The number of nitrogens with one attached hydrogen (secondary N) is 1. The Morgan fingerprint density at radius 1 is 1.45 bits per heavy atom. The number of carbonyl (C=O) groups excluding carboxylic acids is 2. The predicted molar refractivity (Wildman–Crippen MR) is 75.5 cm³/mol. The van der Waals surface area contributed by atoms with Gasteiger partial charge in [0.1, 0.15) is 5.75 Å². The van der Waals surface area contributed by atoms with E-state index >= 15 is 0 Å². The molecular formula is C15H20N2O3. The number of hydrogen-bond acceptors (Lipinski definition) is 3. The van der Waals surface area contributed by atoms with Gasteiger partial charge in [-0.15, -0.1) is 0 Å². The summed E-state index contributed by atoms with van der Waals surface area (Å²) >= 11 is 0. The highest BCUT2D eigenvalue weighted by molar-refractivity contribution is 5.85. The highest BCUT2D eigenvalue weighted by Crippen LogP contribution is 2.13. The molecule has 2 rings (SSSR count). The summed E-state index contributed by atoms with van der Waals surface area (Å²) in [6.07, 6.45) is 1.71. The number of rotatable bonds is 4. The van der Waals surface area contributed by atoms with Crippen LogP contribution in [0.3, 0.4) is 0 Å². The van der Waals surface area contributed by atoms with Crippen LogP contribution < -0.4 is 10.1 Å². The topological polar surface area (TPSA) is 58.6 Å². The van der Waals surface area contributed by atoms with Gasteiger partial charge < -0.3 is 15.0 Å². The fourth-order valence-electron chi connectivity index (χ4n) is 2.11. The van der Waals surface area contributed by atoms with Crippen LogP contribution in [0.15, 0.2) is 24.3 Å². The van der Waals surface area contributed by atoms with Crippen LogP contribution >= 0.6 is 0 Å². The van der Waals surface area contributed by atoms with Crippen LogP contribution in [0.1, 0.15) is 18.9 Å². The van der Waals surface area contributed by atoms with Crippen molar-refractivity contribution in [3.8, 4) is 5.75 Å². The molecule has 1 saturated heterocycles. The Hall–Kier alpha value is -2.04. The second-order valence-corrected chi connectivity index (χ2v) is 4.81.